The molecule has 94 valence electrons. The molecule has 2 rings (SSSR count). The maximum atomic E-state index is 11.7. The lowest BCUT2D eigenvalue weighted by Gasteiger charge is -2.20. The van der Waals surface area contributed by atoms with E-state index >= 15 is 0 Å². The van der Waals surface area contributed by atoms with Gasteiger partial charge >= 0.3 is 0 Å². The van der Waals surface area contributed by atoms with Crippen LogP contribution < -0.4 is 5.73 Å². The highest BCUT2D eigenvalue weighted by Crippen LogP contribution is 2.11. The third-order valence-corrected chi connectivity index (χ3v) is 3.15. The quantitative estimate of drug-likeness (QED) is 0.856. The molecular formula is C12H20N4O. The molecule has 1 aliphatic rings. The lowest BCUT2D eigenvalue weighted by Crippen LogP contribution is -2.31. The Morgan fingerprint density at radius 3 is 2.94 bits per heavy atom. The molecule has 0 aromatic carbocycles. The van der Waals surface area contributed by atoms with Gasteiger partial charge in [0.05, 0.1) is 0 Å². The summed E-state index contributed by atoms with van der Waals surface area (Å²) >= 11 is 0. The van der Waals surface area contributed by atoms with Crippen molar-refractivity contribution in [2.24, 2.45) is 0 Å². The number of aromatic nitrogens is 2. The van der Waals surface area contributed by atoms with E-state index in [1.54, 1.807) is 6.07 Å². The molecule has 0 unspecified atom stereocenters. The minimum atomic E-state index is 0.308. The zero-order valence-corrected chi connectivity index (χ0v) is 10.1. The highest BCUT2D eigenvalue weighted by Gasteiger charge is 2.15. The molecule has 0 radical (unpaired) electrons. The van der Waals surface area contributed by atoms with E-state index in [4.69, 9.17) is 5.73 Å². The molecule has 2 N–H and O–H groups in total. The van der Waals surface area contributed by atoms with E-state index in [1.165, 1.54) is 6.42 Å². The van der Waals surface area contributed by atoms with E-state index in [9.17, 15) is 4.79 Å². The topological polar surface area (TPSA) is 64.2 Å². The molecular weight excluding hydrogens is 216 g/mol. The first kappa shape index (κ1) is 12.0. The zero-order valence-electron chi connectivity index (χ0n) is 10.1. The van der Waals surface area contributed by atoms with Gasteiger partial charge in [-0.15, -0.1) is 0 Å². The largest absolute Gasteiger partial charge is 0.382 e. The van der Waals surface area contributed by atoms with Crippen molar-refractivity contribution in [3.8, 4) is 0 Å². The molecule has 0 saturated carbocycles. The number of hydrogen-bond donors (Lipinski definition) is 1. The molecule has 1 aromatic heterocycles. The number of nitrogen functional groups attached to an aromatic ring is 1. The van der Waals surface area contributed by atoms with Gasteiger partial charge in [0.1, 0.15) is 5.82 Å². The molecule has 17 heavy (non-hydrogen) atoms. The maximum absolute atomic E-state index is 11.7. The lowest BCUT2D eigenvalue weighted by molar-refractivity contribution is -0.130. The molecule has 0 aliphatic carbocycles. The van der Waals surface area contributed by atoms with E-state index in [1.807, 2.05) is 15.8 Å². The summed E-state index contributed by atoms with van der Waals surface area (Å²) in [6.07, 6.45) is 6.89. The van der Waals surface area contributed by atoms with Crippen molar-refractivity contribution in [1.82, 2.24) is 14.7 Å². The molecule has 5 heteroatoms. The number of anilines is 1. The number of rotatable bonds is 4. The Balaban J connectivity index is 1.75. The van der Waals surface area contributed by atoms with Gasteiger partial charge in [-0.25, -0.2) is 0 Å². The number of carbonyl (C=O) groups is 1. The number of carbonyl (C=O) groups excluding carboxylic acids is 1. The van der Waals surface area contributed by atoms with Crippen LogP contribution in [0.4, 0.5) is 5.82 Å². The Kier molecular flexibility index (Phi) is 4.01. The third-order valence-electron chi connectivity index (χ3n) is 3.15. The fourth-order valence-corrected chi connectivity index (χ4v) is 2.20. The van der Waals surface area contributed by atoms with Crippen LogP contribution in [0.15, 0.2) is 12.3 Å². The van der Waals surface area contributed by atoms with Crippen molar-refractivity contribution >= 4 is 11.7 Å². The normalized spacial score (nSPS) is 17.2. The summed E-state index contributed by atoms with van der Waals surface area (Å²) in [4.78, 5) is 13.7. The first-order valence-electron chi connectivity index (χ1n) is 6.32. The van der Waals surface area contributed by atoms with Gasteiger partial charge in [0, 0.05) is 32.3 Å². The van der Waals surface area contributed by atoms with Crippen LogP contribution >= 0.6 is 0 Å². The van der Waals surface area contributed by atoms with Crippen LogP contribution in [0, 0.1) is 0 Å². The van der Waals surface area contributed by atoms with Crippen molar-refractivity contribution in [2.75, 3.05) is 18.8 Å². The van der Waals surface area contributed by atoms with Crippen LogP contribution in [-0.4, -0.2) is 33.7 Å². The molecule has 1 amide bonds. The number of amides is 1. The van der Waals surface area contributed by atoms with Crippen molar-refractivity contribution in [1.29, 1.82) is 0 Å². The minimum Gasteiger partial charge on any atom is -0.382 e. The summed E-state index contributed by atoms with van der Waals surface area (Å²) in [5.74, 6) is 0.860. The standard InChI is InChI=1S/C12H20N4O/c13-11-6-10-16(14-11)9-4-8-15-7-3-1-2-5-12(15)17/h6,10H,1-5,7-9H2,(H2,13,14). The summed E-state index contributed by atoms with van der Waals surface area (Å²) in [5, 5.41) is 4.12. The average molecular weight is 236 g/mol. The van der Waals surface area contributed by atoms with Gasteiger partial charge in [-0.3, -0.25) is 9.48 Å². The van der Waals surface area contributed by atoms with E-state index in [0.717, 1.165) is 38.9 Å². The number of aryl methyl sites for hydroxylation is 1. The molecule has 0 atom stereocenters. The van der Waals surface area contributed by atoms with E-state index in [-0.39, 0.29) is 0 Å². The Bertz CT molecular complexity index is 374. The molecule has 0 spiro atoms. The molecule has 1 aromatic rings. The summed E-state index contributed by atoms with van der Waals surface area (Å²) in [6.45, 7) is 2.57. The summed E-state index contributed by atoms with van der Waals surface area (Å²) in [6, 6.07) is 1.79. The smallest absolute Gasteiger partial charge is 0.222 e. The second kappa shape index (κ2) is 5.70. The zero-order chi connectivity index (χ0) is 12.1. The van der Waals surface area contributed by atoms with Crippen LogP contribution in [0.1, 0.15) is 32.1 Å². The van der Waals surface area contributed by atoms with Crippen LogP contribution in [0.3, 0.4) is 0 Å². The molecule has 1 saturated heterocycles. The Morgan fingerprint density at radius 2 is 2.18 bits per heavy atom. The van der Waals surface area contributed by atoms with Gasteiger partial charge in [0.25, 0.3) is 0 Å². The predicted octanol–water partition coefficient (Wildman–Crippen LogP) is 1.26. The first-order chi connectivity index (χ1) is 8.25. The number of nitrogens with two attached hydrogens (primary N) is 1. The van der Waals surface area contributed by atoms with Crippen molar-refractivity contribution in [3.63, 3.8) is 0 Å². The third kappa shape index (κ3) is 3.47. The SMILES string of the molecule is Nc1ccn(CCCN2CCCCCC2=O)n1. The highest BCUT2D eigenvalue weighted by molar-refractivity contribution is 5.76. The lowest BCUT2D eigenvalue weighted by atomic mass is 10.2. The molecule has 1 fully saturated rings. The molecule has 0 bridgehead atoms. The van der Waals surface area contributed by atoms with Crippen molar-refractivity contribution < 1.29 is 4.79 Å². The molecule has 1 aliphatic heterocycles. The average Bonchev–Trinajstić information content (AvgIpc) is 2.61. The Morgan fingerprint density at radius 1 is 1.29 bits per heavy atom. The van der Waals surface area contributed by atoms with Gasteiger partial charge in [-0.2, -0.15) is 5.10 Å². The second-order valence-electron chi connectivity index (χ2n) is 4.55. The van der Waals surface area contributed by atoms with Gasteiger partial charge in [0.2, 0.25) is 5.91 Å². The highest BCUT2D eigenvalue weighted by atomic mass is 16.2. The molecule has 2 heterocycles. The van der Waals surface area contributed by atoms with Crippen molar-refractivity contribution in [3.05, 3.63) is 12.3 Å². The van der Waals surface area contributed by atoms with Gasteiger partial charge in [0.15, 0.2) is 0 Å². The Hall–Kier alpha value is -1.52. The maximum Gasteiger partial charge on any atom is 0.222 e. The second-order valence-corrected chi connectivity index (χ2v) is 4.55. The van der Waals surface area contributed by atoms with E-state index < -0.39 is 0 Å². The first-order valence-corrected chi connectivity index (χ1v) is 6.32. The van der Waals surface area contributed by atoms with Crippen LogP contribution in [-0.2, 0) is 11.3 Å². The van der Waals surface area contributed by atoms with E-state index in [2.05, 4.69) is 5.10 Å². The minimum absolute atomic E-state index is 0.308. The van der Waals surface area contributed by atoms with Crippen molar-refractivity contribution in [2.45, 2.75) is 38.6 Å². The molecule has 5 nitrogen and oxygen atoms in total. The fourth-order valence-electron chi connectivity index (χ4n) is 2.20. The monoisotopic (exact) mass is 236 g/mol. The predicted molar refractivity (Wildman–Crippen MR) is 66.3 cm³/mol. The summed E-state index contributed by atoms with van der Waals surface area (Å²) in [7, 11) is 0. The van der Waals surface area contributed by atoms with Crippen LogP contribution in [0.25, 0.3) is 0 Å². The Labute approximate surface area is 102 Å². The van der Waals surface area contributed by atoms with Gasteiger partial charge in [-0.05, 0) is 25.3 Å². The van der Waals surface area contributed by atoms with Gasteiger partial charge in [-0.1, -0.05) is 6.42 Å². The van der Waals surface area contributed by atoms with Crippen LogP contribution in [0.2, 0.25) is 0 Å². The summed E-state index contributed by atoms with van der Waals surface area (Å²) < 4.78 is 1.83. The van der Waals surface area contributed by atoms with E-state index in [0.29, 0.717) is 18.1 Å². The fraction of sp³-hybridized carbons (Fsp3) is 0.667. The number of nitrogens with zero attached hydrogens (tertiary/aromatic N) is 3. The van der Waals surface area contributed by atoms with Gasteiger partial charge < -0.3 is 10.6 Å². The number of hydrogen-bond acceptors (Lipinski definition) is 3. The number of likely N-dealkylation sites (tertiary alicyclic amines) is 1. The van der Waals surface area contributed by atoms with Crippen LogP contribution in [0.5, 0.6) is 0 Å². The summed E-state index contributed by atoms with van der Waals surface area (Å²) in [5.41, 5.74) is 5.54.